The molecule has 0 atom stereocenters. The molecule has 0 aliphatic carbocycles. The molecular formula is C26H20N2O3. The first kappa shape index (κ1) is 19.0. The molecule has 0 spiro atoms. The highest BCUT2D eigenvalue weighted by molar-refractivity contribution is 6.25. The van der Waals surface area contributed by atoms with Crippen molar-refractivity contribution in [1.29, 1.82) is 0 Å². The van der Waals surface area contributed by atoms with Crippen LogP contribution in [0, 0.1) is 0 Å². The molecule has 1 heterocycles. The summed E-state index contributed by atoms with van der Waals surface area (Å²) in [6, 6.07) is 24.6. The van der Waals surface area contributed by atoms with Crippen molar-refractivity contribution in [3.63, 3.8) is 0 Å². The van der Waals surface area contributed by atoms with Gasteiger partial charge in [0.1, 0.15) is 0 Å². The van der Waals surface area contributed by atoms with Gasteiger partial charge in [-0.15, -0.1) is 0 Å². The normalized spacial score (nSPS) is 13.1. The van der Waals surface area contributed by atoms with Crippen LogP contribution in [-0.4, -0.2) is 35.7 Å². The maximum Gasteiger partial charge on any atom is 0.261 e. The summed E-state index contributed by atoms with van der Waals surface area (Å²) in [5.41, 5.74) is 1.81. The predicted octanol–water partition coefficient (Wildman–Crippen LogP) is 4.64. The number of carbonyl (C=O) groups is 3. The van der Waals surface area contributed by atoms with Gasteiger partial charge in [0.15, 0.2) is 0 Å². The van der Waals surface area contributed by atoms with Crippen molar-refractivity contribution in [3.8, 4) is 0 Å². The Morgan fingerprint density at radius 1 is 0.774 bits per heavy atom. The van der Waals surface area contributed by atoms with E-state index in [9.17, 15) is 14.4 Å². The van der Waals surface area contributed by atoms with E-state index in [-0.39, 0.29) is 30.8 Å². The smallest absolute Gasteiger partial charge is 0.261 e. The minimum Gasteiger partial charge on any atom is -0.310 e. The minimum atomic E-state index is -0.323. The number of carbonyl (C=O) groups excluding carboxylic acids is 3. The first-order chi connectivity index (χ1) is 15.1. The molecule has 152 valence electrons. The molecule has 0 aromatic heterocycles. The third-order valence-electron chi connectivity index (χ3n) is 5.84. The van der Waals surface area contributed by atoms with Crippen molar-refractivity contribution in [1.82, 2.24) is 4.90 Å². The lowest BCUT2D eigenvalue weighted by Gasteiger charge is -2.30. The third-order valence-corrected chi connectivity index (χ3v) is 5.84. The monoisotopic (exact) mass is 408 g/mol. The molecule has 4 aromatic carbocycles. The van der Waals surface area contributed by atoms with Gasteiger partial charge in [-0.3, -0.25) is 19.3 Å². The number of hydrogen-bond donors (Lipinski definition) is 0. The second kappa shape index (κ2) is 7.36. The molecular weight excluding hydrogens is 388 g/mol. The summed E-state index contributed by atoms with van der Waals surface area (Å²) in [6.45, 7) is 1.84. The van der Waals surface area contributed by atoms with Gasteiger partial charge in [0, 0.05) is 41.9 Å². The van der Waals surface area contributed by atoms with Crippen LogP contribution in [-0.2, 0) is 4.79 Å². The maximum absolute atomic E-state index is 13.1. The third kappa shape index (κ3) is 3.06. The van der Waals surface area contributed by atoms with E-state index in [2.05, 4.69) is 0 Å². The van der Waals surface area contributed by atoms with Crippen LogP contribution in [0.5, 0.6) is 0 Å². The molecule has 1 aliphatic rings. The Balaban J connectivity index is 1.49. The van der Waals surface area contributed by atoms with Crippen LogP contribution in [0.1, 0.15) is 27.6 Å². The average Bonchev–Trinajstić information content (AvgIpc) is 2.79. The van der Waals surface area contributed by atoms with Crippen molar-refractivity contribution in [3.05, 3.63) is 90.0 Å². The maximum atomic E-state index is 13.1. The molecule has 5 rings (SSSR count). The molecule has 0 fully saturated rings. The Morgan fingerprint density at radius 3 is 2.03 bits per heavy atom. The zero-order valence-corrected chi connectivity index (χ0v) is 17.0. The quantitative estimate of drug-likeness (QED) is 0.462. The lowest BCUT2D eigenvalue weighted by molar-refractivity contribution is -0.116. The van der Waals surface area contributed by atoms with Gasteiger partial charge in [-0.2, -0.15) is 0 Å². The molecule has 3 amide bonds. The van der Waals surface area contributed by atoms with Crippen LogP contribution >= 0.6 is 0 Å². The Morgan fingerprint density at radius 2 is 1.35 bits per heavy atom. The summed E-state index contributed by atoms with van der Waals surface area (Å²) >= 11 is 0. The van der Waals surface area contributed by atoms with Crippen molar-refractivity contribution >= 4 is 45.0 Å². The van der Waals surface area contributed by atoms with Gasteiger partial charge in [-0.25, -0.2) is 0 Å². The highest BCUT2D eigenvalue weighted by Crippen LogP contribution is 2.31. The van der Waals surface area contributed by atoms with Crippen LogP contribution < -0.4 is 4.90 Å². The van der Waals surface area contributed by atoms with Gasteiger partial charge in [0.25, 0.3) is 11.8 Å². The van der Waals surface area contributed by atoms with E-state index < -0.39 is 0 Å². The molecule has 0 unspecified atom stereocenters. The minimum absolute atomic E-state index is 0.116. The van der Waals surface area contributed by atoms with E-state index in [0.717, 1.165) is 21.8 Å². The number of fused-ring (bicyclic) bond motifs is 1. The number of hydrogen-bond acceptors (Lipinski definition) is 3. The molecule has 0 N–H and O–H groups in total. The van der Waals surface area contributed by atoms with Gasteiger partial charge in [-0.05, 0) is 29.0 Å². The Labute approximate surface area is 179 Å². The lowest BCUT2D eigenvalue weighted by Crippen LogP contribution is -2.45. The van der Waals surface area contributed by atoms with Gasteiger partial charge >= 0.3 is 0 Å². The SMILES string of the molecule is CC(=O)N(CCN1C(=O)c2cccc3cccc(c23)C1=O)c1cccc2ccccc12. The largest absolute Gasteiger partial charge is 0.310 e. The zero-order chi connectivity index (χ0) is 21.5. The second-order valence-electron chi connectivity index (χ2n) is 7.64. The van der Waals surface area contributed by atoms with E-state index in [0.29, 0.717) is 16.5 Å². The van der Waals surface area contributed by atoms with Crippen LogP contribution in [0.25, 0.3) is 21.5 Å². The highest BCUT2D eigenvalue weighted by Gasteiger charge is 2.33. The standard InChI is InChI=1S/C26H20N2O3/c1-17(29)27(23-14-6-8-18-7-2-3-11-20(18)23)15-16-28-25(30)21-12-4-9-19-10-5-13-22(24(19)21)26(28)31/h2-14H,15-16H2,1H3. The number of anilines is 1. The molecule has 0 saturated carbocycles. The fourth-order valence-corrected chi connectivity index (χ4v) is 4.37. The predicted molar refractivity (Wildman–Crippen MR) is 121 cm³/mol. The number of amides is 3. The van der Waals surface area contributed by atoms with Crippen LogP contribution in [0.4, 0.5) is 5.69 Å². The molecule has 31 heavy (non-hydrogen) atoms. The van der Waals surface area contributed by atoms with Crippen molar-refractivity contribution < 1.29 is 14.4 Å². The number of benzene rings is 4. The average molecular weight is 408 g/mol. The Bertz CT molecular complexity index is 1320. The fourth-order valence-electron chi connectivity index (χ4n) is 4.37. The Hall–Kier alpha value is -3.99. The van der Waals surface area contributed by atoms with Crippen LogP contribution in [0.3, 0.4) is 0 Å². The van der Waals surface area contributed by atoms with Crippen molar-refractivity contribution in [2.24, 2.45) is 0 Å². The van der Waals surface area contributed by atoms with Crippen molar-refractivity contribution in [2.75, 3.05) is 18.0 Å². The number of nitrogens with zero attached hydrogens (tertiary/aromatic N) is 2. The molecule has 5 heteroatoms. The fraction of sp³-hybridized carbons (Fsp3) is 0.115. The number of imide groups is 1. The van der Waals surface area contributed by atoms with E-state index in [1.807, 2.05) is 66.7 Å². The Kier molecular flexibility index (Phi) is 4.51. The van der Waals surface area contributed by atoms with Crippen LogP contribution in [0.15, 0.2) is 78.9 Å². The molecule has 1 aliphatic heterocycles. The summed E-state index contributed by atoms with van der Waals surface area (Å²) < 4.78 is 0. The van der Waals surface area contributed by atoms with Gasteiger partial charge in [0.2, 0.25) is 5.91 Å². The van der Waals surface area contributed by atoms with E-state index in [1.54, 1.807) is 17.0 Å². The first-order valence-electron chi connectivity index (χ1n) is 10.2. The molecule has 5 nitrogen and oxygen atoms in total. The zero-order valence-electron chi connectivity index (χ0n) is 17.0. The summed E-state index contributed by atoms with van der Waals surface area (Å²) in [4.78, 5) is 41.7. The first-order valence-corrected chi connectivity index (χ1v) is 10.2. The number of rotatable bonds is 4. The molecule has 0 bridgehead atoms. The lowest BCUT2D eigenvalue weighted by atomic mass is 9.94. The molecule has 0 radical (unpaired) electrons. The summed E-state index contributed by atoms with van der Waals surface area (Å²) in [7, 11) is 0. The van der Waals surface area contributed by atoms with E-state index >= 15 is 0 Å². The van der Waals surface area contributed by atoms with Gasteiger partial charge < -0.3 is 4.90 Å². The van der Waals surface area contributed by atoms with Gasteiger partial charge in [0.05, 0.1) is 5.69 Å². The van der Waals surface area contributed by atoms with E-state index in [4.69, 9.17) is 0 Å². The summed E-state index contributed by atoms with van der Waals surface area (Å²) in [6.07, 6.45) is 0. The summed E-state index contributed by atoms with van der Waals surface area (Å²) in [5, 5.41) is 3.55. The molecule has 0 saturated heterocycles. The highest BCUT2D eigenvalue weighted by atomic mass is 16.2. The van der Waals surface area contributed by atoms with Gasteiger partial charge in [-0.1, -0.05) is 60.7 Å². The molecule has 4 aromatic rings. The van der Waals surface area contributed by atoms with Crippen molar-refractivity contribution in [2.45, 2.75) is 6.92 Å². The topological polar surface area (TPSA) is 57.7 Å². The van der Waals surface area contributed by atoms with Crippen LogP contribution in [0.2, 0.25) is 0 Å². The van der Waals surface area contributed by atoms with E-state index in [1.165, 1.54) is 11.8 Å². The second-order valence-corrected chi connectivity index (χ2v) is 7.64. The summed E-state index contributed by atoms with van der Waals surface area (Å²) in [5.74, 6) is -0.790.